The Hall–Kier alpha value is -4.23. The highest BCUT2D eigenvalue weighted by Gasteiger charge is 2.55. The van der Waals surface area contributed by atoms with E-state index in [0.717, 1.165) is 78.7 Å². The number of piperidine rings is 1. The molecule has 264 valence electrons. The van der Waals surface area contributed by atoms with Crippen molar-refractivity contribution in [1.82, 2.24) is 24.8 Å². The van der Waals surface area contributed by atoms with Crippen LogP contribution in [0, 0.1) is 41.8 Å². The summed E-state index contributed by atoms with van der Waals surface area (Å²) >= 11 is 13.2. The van der Waals surface area contributed by atoms with Crippen molar-refractivity contribution in [3.63, 3.8) is 0 Å². The van der Waals surface area contributed by atoms with Crippen molar-refractivity contribution in [2.75, 3.05) is 24.5 Å². The number of aryl methyl sites for hydroxylation is 2. The molecule has 11 rings (SSSR count). The predicted molar refractivity (Wildman–Crippen MR) is 201 cm³/mol. The maximum absolute atomic E-state index is 17.3. The van der Waals surface area contributed by atoms with Gasteiger partial charge in [-0.2, -0.15) is 5.26 Å². The molecular formula is C41H38Cl2FN7O. The quantitative estimate of drug-likeness (QED) is 0.182. The van der Waals surface area contributed by atoms with Gasteiger partial charge in [-0.15, -0.1) is 0 Å². The highest BCUT2D eigenvalue weighted by atomic mass is 35.5. The number of likely N-dealkylation sites (tertiary alicyclic amines) is 1. The van der Waals surface area contributed by atoms with E-state index in [2.05, 4.69) is 42.9 Å². The highest BCUT2D eigenvalue weighted by molar-refractivity contribution is 6.43. The monoisotopic (exact) mass is 733 g/mol. The second-order valence-electron chi connectivity index (χ2n) is 15.5. The molecule has 11 heteroatoms. The van der Waals surface area contributed by atoms with Crippen LogP contribution in [0.1, 0.15) is 61.1 Å². The number of aromatic nitrogens is 3. The first-order valence-corrected chi connectivity index (χ1v) is 19.3. The minimum absolute atomic E-state index is 0.0887. The summed E-state index contributed by atoms with van der Waals surface area (Å²) in [5.41, 5.74) is 5.72. The van der Waals surface area contributed by atoms with Crippen molar-refractivity contribution in [2.24, 2.45) is 17.8 Å². The normalized spacial score (nSPS) is 26.3. The molecule has 2 aromatic carbocycles. The minimum Gasteiger partial charge on any atom is -0.368 e. The van der Waals surface area contributed by atoms with Crippen molar-refractivity contribution in [1.29, 1.82) is 5.26 Å². The van der Waals surface area contributed by atoms with Crippen LogP contribution in [-0.2, 0) is 11.2 Å². The summed E-state index contributed by atoms with van der Waals surface area (Å²) in [6, 6.07) is 16.3. The molecule has 2 saturated carbocycles. The Bertz CT molecular complexity index is 2320. The van der Waals surface area contributed by atoms with Crippen LogP contribution < -0.4 is 10.2 Å². The average Bonchev–Trinajstić information content (AvgIpc) is 3.43. The van der Waals surface area contributed by atoms with Gasteiger partial charge in [0, 0.05) is 83.4 Å². The number of anilines is 1. The largest absolute Gasteiger partial charge is 0.368 e. The number of pyridine rings is 2. The molecular weight excluding hydrogens is 696 g/mol. The van der Waals surface area contributed by atoms with Crippen LogP contribution >= 0.6 is 23.2 Å². The van der Waals surface area contributed by atoms with E-state index in [1.807, 2.05) is 25.3 Å². The number of benzene rings is 2. The van der Waals surface area contributed by atoms with Crippen LogP contribution in [0.2, 0.25) is 10.0 Å². The van der Waals surface area contributed by atoms with Crippen LogP contribution in [0.3, 0.4) is 0 Å². The zero-order valence-electron chi connectivity index (χ0n) is 28.8. The molecule has 6 fully saturated rings. The average molecular weight is 735 g/mol. The van der Waals surface area contributed by atoms with Gasteiger partial charge in [0.15, 0.2) is 5.82 Å². The Morgan fingerprint density at radius 3 is 2.69 bits per heavy atom. The van der Waals surface area contributed by atoms with E-state index in [9.17, 15) is 10.1 Å². The summed E-state index contributed by atoms with van der Waals surface area (Å²) in [7, 11) is 0. The van der Waals surface area contributed by atoms with Gasteiger partial charge in [-0.1, -0.05) is 35.3 Å². The molecule has 6 aliphatic rings. The molecule has 1 amide bonds. The lowest BCUT2D eigenvalue weighted by Crippen LogP contribution is -2.45. The minimum atomic E-state index is -0.460. The van der Waals surface area contributed by atoms with Crippen LogP contribution in [-0.4, -0.2) is 57.1 Å². The number of nitriles is 1. The standard InChI is InChI=1S/C41H38Cl2FN7O/c1-21-29-16-33(39-25-13-27(50(39)41(52)22-9-10-22)20-49(19-25)26-6-4-12-46-18-26)51(38-24-15-32(38)47-17-24)40(29)30-14-23(5-3-11-45)34(36(44)37(30)48-21)28-7-2-8-31(42)35(28)43/h2,4,6-8,12,14,16,18,22,24-25,27,32,38-39,47H,3,5,9-10,13,15,17,19-20H2,1H3. The Kier molecular flexibility index (Phi) is 7.58. The van der Waals surface area contributed by atoms with Gasteiger partial charge in [-0.05, 0) is 80.8 Å². The van der Waals surface area contributed by atoms with Crippen LogP contribution in [0.25, 0.3) is 32.9 Å². The predicted octanol–water partition coefficient (Wildman–Crippen LogP) is 8.18. The van der Waals surface area contributed by atoms with E-state index in [-0.39, 0.29) is 52.8 Å². The van der Waals surface area contributed by atoms with Gasteiger partial charge in [0.1, 0.15) is 5.52 Å². The van der Waals surface area contributed by atoms with Gasteiger partial charge in [0.2, 0.25) is 5.91 Å². The summed E-state index contributed by atoms with van der Waals surface area (Å²) in [6.07, 6.45) is 8.24. The molecule has 4 aliphatic heterocycles. The third-order valence-corrected chi connectivity index (χ3v) is 13.3. The summed E-state index contributed by atoms with van der Waals surface area (Å²) in [5.74, 6) is 0.554. The molecule has 52 heavy (non-hydrogen) atoms. The van der Waals surface area contributed by atoms with E-state index < -0.39 is 5.82 Å². The first-order chi connectivity index (χ1) is 25.3. The van der Waals surface area contributed by atoms with E-state index >= 15 is 4.39 Å². The fraction of sp³-hybridized carbons (Fsp3) is 0.415. The molecule has 4 saturated heterocycles. The molecule has 0 spiro atoms. The Morgan fingerprint density at radius 2 is 1.96 bits per heavy atom. The third kappa shape index (κ3) is 4.83. The van der Waals surface area contributed by atoms with E-state index in [1.54, 1.807) is 24.4 Å². The van der Waals surface area contributed by atoms with Gasteiger partial charge in [0.25, 0.3) is 0 Å². The summed E-state index contributed by atoms with van der Waals surface area (Å²) < 4.78 is 19.8. The van der Waals surface area contributed by atoms with Crippen LogP contribution in [0.4, 0.5) is 10.1 Å². The molecule has 6 unspecified atom stereocenters. The number of carbonyl (C=O) groups excluding carboxylic acids is 1. The van der Waals surface area contributed by atoms with Gasteiger partial charge in [-0.25, -0.2) is 9.37 Å². The summed E-state index contributed by atoms with van der Waals surface area (Å²) in [5, 5.41) is 15.7. The Labute approximate surface area is 311 Å². The molecule has 6 atom stereocenters. The van der Waals surface area contributed by atoms with Crippen molar-refractivity contribution in [2.45, 2.75) is 69.6 Å². The maximum atomic E-state index is 17.3. The Morgan fingerprint density at radius 1 is 1.10 bits per heavy atom. The topological polar surface area (TPSA) is 90.1 Å². The number of nitrogens with one attached hydrogen (secondary N) is 1. The fourth-order valence-corrected chi connectivity index (χ4v) is 10.5. The molecule has 8 nitrogen and oxygen atoms in total. The van der Waals surface area contributed by atoms with Gasteiger partial charge in [-0.3, -0.25) is 9.78 Å². The zero-order valence-corrected chi connectivity index (χ0v) is 30.3. The lowest BCUT2D eigenvalue weighted by atomic mass is 9.79. The number of rotatable bonds is 7. The smallest absolute Gasteiger partial charge is 0.226 e. The first-order valence-electron chi connectivity index (χ1n) is 18.5. The number of carbonyl (C=O) groups is 1. The lowest BCUT2D eigenvalue weighted by Gasteiger charge is -2.40. The zero-order chi connectivity index (χ0) is 35.4. The molecule has 7 heterocycles. The summed E-state index contributed by atoms with van der Waals surface area (Å²) in [4.78, 5) is 28.4. The molecule has 3 aromatic heterocycles. The number of hydrogen-bond donors (Lipinski definition) is 1. The SMILES string of the molecule is Cc1nc2c(F)c(-c3cccc(Cl)c3Cl)c(CCC#N)cc2c2c1cc(C1C3CC(CN(c4cccnc4)C3)N1C(=O)C1CC1)n2C1C2CNC1C2. The van der Waals surface area contributed by atoms with Gasteiger partial charge < -0.3 is 19.7 Å². The van der Waals surface area contributed by atoms with Gasteiger partial charge in [0.05, 0.1) is 51.6 Å². The molecule has 4 bridgehead atoms. The second-order valence-corrected chi connectivity index (χ2v) is 16.3. The number of hydrogen-bond acceptors (Lipinski definition) is 6. The van der Waals surface area contributed by atoms with Crippen LogP contribution in [0.15, 0.2) is 54.9 Å². The fourth-order valence-electron chi connectivity index (χ4n) is 10.1. The number of halogens is 3. The third-order valence-electron chi connectivity index (χ3n) is 12.5. The molecule has 5 aromatic rings. The van der Waals surface area contributed by atoms with Crippen molar-refractivity contribution < 1.29 is 9.18 Å². The van der Waals surface area contributed by atoms with E-state index in [0.29, 0.717) is 40.1 Å². The lowest BCUT2D eigenvalue weighted by molar-refractivity contribution is -0.135. The highest BCUT2D eigenvalue weighted by Crippen LogP contribution is 2.54. The molecule has 2 aliphatic carbocycles. The van der Waals surface area contributed by atoms with Crippen LogP contribution in [0.5, 0.6) is 0 Å². The number of amides is 1. The van der Waals surface area contributed by atoms with Crippen molar-refractivity contribution in [3.05, 3.63) is 87.7 Å². The first kappa shape index (κ1) is 32.4. The van der Waals surface area contributed by atoms with E-state index in [4.69, 9.17) is 28.2 Å². The Balaban J connectivity index is 1.22. The molecule has 1 N–H and O–H groups in total. The molecule has 0 radical (unpaired) electrons. The van der Waals surface area contributed by atoms with Crippen molar-refractivity contribution in [3.8, 4) is 17.2 Å². The maximum Gasteiger partial charge on any atom is 0.226 e. The summed E-state index contributed by atoms with van der Waals surface area (Å²) in [6.45, 7) is 4.50. The van der Waals surface area contributed by atoms with Gasteiger partial charge >= 0.3 is 0 Å². The number of fused-ring (bicyclic) bond motifs is 6. The van der Waals surface area contributed by atoms with Crippen molar-refractivity contribution >= 4 is 56.6 Å². The van der Waals surface area contributed by atoms with E-state index in [1.165, 1.54) is 0 Å². The second kappa shape index (κ2) is 12.2. The number of nitrogens with zero attached hydrogens (tertiary/aromatic N) is 6.